The topological polar surface area (TPSA) is 40.4 Å². The van der Waals surface area contributed by atoms with Gasteiger partial charge in [-0.2, -0.15) is 0 Å². The van der Waals surface area contributed by atoms with Crippen molar-refractivity contribution in [2.75, 3.05) is 38.2 Å². The maximum absolute atomic E-state index is 6.09. The van der Waals surface area contributed by atoms with E-state index in [1.807, 2.05) is 47.5 Å². The molecular formula is C17H18Cl2N4O. The molecule has 0 bridgehead atoms. The second kappa shape index (κ2) is 7.73. The highest BCUT2D eigenvalue weighted by molar-refractivity contribution is 6.42. The van der Waals surface area contributed by atoms with Gasteiger partial charge in [0.1, 0.15) is 5.75 Å². The Morgan fingerprint density at radius 3 is 2.25 bits per heavy atom. The molecule has 7 heteroatoms. The predicted octanol–water partition coefficient (Wildman–Crippen LogP) is 4.82. The van der Waals surface area contributed by atoms with Crippen molar-refractivity contribution in [3.63, 3.8) is 0 Å². The van der Waals surface area contributed by atoms with E-state index in [2.05, 4.69) is 15.2 Å². The second-order valence-electron chi connectivity index (χ2n) is 5.43. The molecule has 3 rings (SSSR count). The molecule has 0 atom stereocenters. The van der Waals surface area contributed by atoms with Gasteiger partial charge in [0, 0.05) is 18.8 Å². The third-order valence-corrected chi connectivity index (χ3v) is 4.62. The van der Waals surface area contributed by atoms with Crippen molar-refractivity contribution in [1.29, 1.82) is 0 Å². The van der Waals surface area contributed by atoms with Crippen LogP contribution in [0.3, 0.4) is 0 Å². The Labute approximate surface area is 151 Å². The number of anilines is 1. The van der Waals surface area contributed by atoms with Crippen molar-refractivity contribution in [2.45, 2.75) is 0 Å². The number of hydrogen-bond acceptors (Lipinski definition) is 4. The first kappa shape index (κ1) is 16.9. The average Bonchev–Trinajstić information content (AvgIpc) is 2.63. The summed E-state index contributed by atoms with van der Waals surface area (Å²) in [7, 11) is 1.64. The van der Waals surface area contributed by atoms with Gasteiger partial charge in [0.05, 0.1) is 35.9 Å². The first-order valence-corrected chi connectivity index (χ1v) is 8.42. The van der Waals surface area contributed by atoms with Crippen LogP contribution < -0.4 is 9.64 Å². The van der Waals surface area contributed by atoms with Gasteiger partial charge in [-0.1, -0.05) is 28.4 Å². The maximum atomic E-state index is 6.09. The Hall–Kier alpha value is -1.98. The van der Waals surface area contributed by atoms with E-state index in [1.165, 1.54) is 0 Å². The maximum Gasteiger partial charge on any atom is 0.119 e. The standard InChI is InChI=1S/C17H18Cl2N4O/c1-24-15-5-2-13(3-6-15)20-21-23-10-8-22(9-11-23)14-4-7-16(18)17(19)12-14/h2-7,12H,8-11H2,1H3/b21-20+. The minimum absolute atomic E-state index is 0.576. The van der Waals surface area contributed by atoms with E-state index in [9.17, 15) is 0 Å². The number of benzene rings is 2. The van der Waals surface area contributed by atoms with Gasteiger partial charge < -0.3 is 9.64 Å². The molecule has 1 aliphatic rings. The quantitative estimate of drug-likeness (QED) is 0.729. The fourth-order valence-corrected chi connectivity index (χ4v) is 2.78. The smallest absolute Gasteiger partial charge is 0.119 e. The normalized spacial score (nSPS) is 15.1. The van der Waals surface area contributed by atoms with Crippen LogP contribution >= 0.6 is 23.2 Å². The van der Waals surface area contributed by atoms with Crippen molar-refractivity contribution in [3.8, 4) is 5.75 Å². The monoisotopic (exact) mass is 364 g/mol. The average molecular weight is 365 g/mol. The third kappa shape index (κ3) is 4.10. The zero-order valence-corrected chi connectivity index (χ0v) is 14.8. The SMILES string of the molecule is COc1ccc(/N=N/N2CCN(c3ccc(Cl)c(Cl)c3)CC2)cc1. The fraction of sp³-hybridized carbons (Fsp3) is 0.294. The Morgan fingerprint density at radius 1 is 0.917 bits per heavy atom. The largest absolute Gasteiger partial charge is 0.497 e. The van der Waals surface area contributed by atoms with Gasteiger partial charge in [0.25, 0.3) is 0 Å². The molecule has 1 saturated heterocycles. The molecule has 2 aromatic carbocycles. The summed E-state index contributed by atoms with van der Waals surface area (Å²) < 4.78 is 5.13. The van der Waals surface area contributed by atoms with Crippen LogP contribution in [0.2, 0.25) is 10.0 Å². The number of halogens is 2. The molecule has 0 saturated carbocycles. The summed E-state index contributed by atoms with van der Waals surface area (Å²) in [6.45, 7) is 3.33. The first-order valence-electron chi connectivity index (χ1n) is 7.66. The number of rotatable bonds is 4. The molecule has 0 unspecified atom stereocenters. The van der Waals surface area contributed by atoms with Crippen LogP contribution in [-0.2, 0) is 0 Å². The summed E-state index contributed by atoms with van der Waals surface area (Å²) in [5.41, 5.74) is 1.89. The van der Waals surface area contributed by atoms with Crippen molar-refractivity contribution < 1.29 is 4.74 Å². The van der Waals surface area contributed by atoms with Crippen molar-refractivity contribution in [3.05, 3.63) is 52.5 Å². The number of methoxy groups -OCH3 is 1. The second-order valence-corrected chi connectivity index (χ2v) is 6.24. The van der Waals surface area contributed by atoms with Crippen LogP contribution in [0, 0.1) is 0 Å². The Kier molecular flexibility index (Phi) is 5.43. The van der Waals surface area contributed by atoms with Crippen molar-refractivity contribution >= 4 is 34.6 Å². The highest BCUT2D eigenvalue weighted by atomic mass is 35.5. The minimum Gasteiger partial charge on any atom is -0.497 e. The van der Waals surface area contributed by atoms with E-state index < -0.39 is 0 Å². The van der Waals surface area contributed by atoms with Gasteiger partial charge in [-0.3, -0.25) is 5.01 Å². The number of hydrogen-bond donors (Lipinski definition) is 0. The molecule has 24 heavy (non-hydrogen) atoms. The summed E-state index contributed by atoms with van der Waals surface area (Å²) in [6, 6.07) is 13.2. The number of piperazine rings is 1. The number of ether oxygens (including phenoxy) is 1. The lowest BCUT2D eigenvalue weighted by Crippen LogP contribution is -2.43. The van der Waals surface area contributed by atoms with E-state index >= 15 is 0 Å². The number of nitrogens with zero attached hydrogens (tertiary/aromatic N) is 4. The zero-order valence-electron chi connectivity index (χ0n) is 13.3. The first-order chi connectivity index (χ1) is 11.7. The molecule has 1 fully saturated rings. The van der Waals surface area contributed by atoms with E-state index in [0.29, 0.717) is 10.0 Å². The molecule has 0 aliphatic carbocycles. The van der Waals surface area contributed by atoms with Crippen molar-refractivity contribution in [1.82, 2.24) is 5.01 Å². The molecule has 0 amide bonds. The van der Waals surface area contributed by atoms with Gasteiger partial charge in [-0.15, -0.1) is 5.11 Å². The molecular weight excluding hydrogens is 347 g/mol. The molecule has 1 aliphatic heterocycles. The fourth-order valence-electron chi connectivity index (χ4n) is 2.49. The summed E-state index contributed by atoms with van der Waals surface area (Å²) in [4.78, 5) is 2.27. The van der Waals surface area contributed by atoms with Gasteiger partial charge in [-0.25, -0.2) is 0 Å². The van der Waals surface area contributed by atoms with Crippen LogP contribution in [0.5, 0.6) is 5.75 Å². The highest BCUT2D eigenvalue weighted by Gasteiger charge is 2.16. The van der Waals surface area contributed by atoms with Crippen molar-refractivity contribution in [2.24, 2.45) is 10.3 Å². The molecule has 0 radical (unpaired) electrons. The molecule has 0 spiro atoms. The van der Waals surface area contributed by atoms with Crippen LogP contribution in [0.1, 0.15) is 0 Å². The van der Waals surface area contributed by atoms with E-state index in [0.717, 1.165) is 43.3 Å². The highest BCUT2D eigenvalue weighted by Crippen LogP contribution is 2.28. The zero-order chi connectivity index (χ0) is 16.9. The molecule has 0 N–H and O–H groups in total. The summed E-state index contributed by atoms with van der Waals surface area (Å²) in [5, 5.41) is 11.7. The lowest BCUT2D eigenvalue weighted by Gasteiger charge is -2.34. The predicted molar refractivity (Wildman–Crippen MR) is 97.8 cm³/mol. The van der Waals surface area contributed by atoms with Gasteiger partial charge >= 0.3 is 0 Å². The molecule has 0 aromatic heterocycles. The Bertz CT molecular complexity index is 713. The summed E-state index contributed by atoms with van der Waals surface area (Å²) in [6.07, 6.45) is 0. The van der Waals surface area contributed by atoms with Crippen LogP contribution in [0.25, 0.3) is 0 Å². The van der Waals surface area contributed by atoms with Gasteiger partial charge in [0.15, 0.2) is 0 Å². The molecule has 1 heterocycles. The van der Waals surface area contributed by atoms with E-state index in [-0.39, 0.29) is 0 Å². The van der Waals surface area contributed by atoms with Gasteiger partial charge in [0.2, 0.25) is 0 Å². The lowest BCUT2D eigenvalue weighted by molar-refractivity contribution is 0.254. The minimum atomic E-state index is 0.576. The van der Waals surface area contributed by atoms with Gasteiger partial charge in [-0.05, 0) is 42.5 Å². The summed E-state index contributed by atoms with van der Waals surface area (Å²) >= 11 is 12.1. The summed E-state index contributed by atoms with van der Waals surface area (Å²) in [5.74, 6) is 0.809. The molecule has 126 valence electrons. The van der Waals surface area contributed by atoms with Crippen LogP contribution in [0.15, 0.2) is 52.8 Å². The van der Waals surface area contributed by atoms with E-state index in [4.69, 9.17) is 27.9 Å². The van der Waals surface area contributed by atoms with Crippen LogP contribution in [-0.4, -0.2) is 38.3 Å². The Balaban J connectivity index is 1.56. The third-order valence-electron chi connectivity index (χ3n) is 3.88. The molecule has 5 nitrogen and oxygen atoms in total. The lowest BCUT2D eigenvalue weighted by atomic mass is 10.2. The van der Waals surface area contributed by atoms with E-state index in [1.54, 1.807) is 7.11 Å². The Morgan fingerprint density at radius 2 is 1.62 bits per heavy atom. The van der Waals surface area contributed by atoms with Crippen LogP contribution in [0.4, 0.5) is 11.4 Å². The molecule has 2 aromatic rings.